The van der Waals surface area contributed by atoms with Crippen molar-refractivity contribution in [2.45, 2.75) is 12.3 Å². The quantitative estimate of drug-likeness (QED) is 0.622. The van der Waals surface area contributed by atoms with E-state index in [-0.39, 0.29) is 29.4 Å². The summed E-state index contributed by atoms with van der Waals surface area (Å²) in [4.78, 5) is 25.8. The summed E-state index contributed by atoms with van der Waals surface area (Å²) in [5.74, 6) is -1.61. The van der Waals surface area contributed by atoms with Crippen LogP contribution < -0.4 is 11.1 Å². The summed E-state index contributed by atoms with van der Waals surface area (Å²) in [5, 5.41) is 12.7. The highest BCUT2D eigenvalue weighted by Crippen LogP contribution is 2.52. The number of esters is 1. The normalized spacial score (nSPS) is 21.0. The van der Waals surface area contributed by atoms with Crippen LogP contribution in [0.4, 0.5) is 5.69 Å². The molecule has 1 amide bonds. The zero-order valence-electron chi connectivity index (χ0n) is 13.8. The molecule has 7 nitrogen and oxygen atoms in total. The van der Waals surface area contributed by atoms with E-state index < -0.39 is 17.3 Å². The van der Waals surface area contributed by atoms with Crippen molar-refractivity contribution in [3.05, 3.63) is 64.2 Å². The smallest absolute Gasteiger partial charge is 0.339 e. The van der Waals surface area contributed by atoms with Crippen LogP contribution in [-0.2, 0) is 24.5 Å². The summed E-state index contributed by atoms with van der Waals surface area (Å²) in [6.07, 6.45) is 1.39. The number of nitrogens with two attached hydrogens (primary N) is 1. The van der Waals surface area contributed by atoms with Gasteiger partial charge in [0.05, 0.1) is 0 Å². The van der Waals surface area contributed by atoms with Crippen molar-refractivity contribution in [1.82, 2.24) is 0 Å². The number of ether oxygens (including phenoxy) is 2. The number of allylic oxidation sites excluding steroid dienone is 1. The number of nitrogens with one attached hydrogen (secondary N) is 1. The second kappa shape index (κ2) is 6.24. The van der Waals surface area contributed by atoms with Crippen molar-refractivity contribution >= 4 is 29.2 Å². The number of amides is 1. The van der Waals surface area contributed by atoms with Gasteiger partial charge in [0, 0.05) is 16.3 Å². The molecule has 0 aliphatic carbocycles. The molecule has 8 heteroatoms. The van der Waals surface area contributed by atoms with Crippen molar-refractivity contribution in [2.24, 2.45) is 5.73 Å². The van der Waals surface area contributed by atoms with Crippen LogP contribution in [0.5, 0.6) is 0 Å². The van der Waals surface area contributed by atoms with E-state index in [1.807, 2.05) is 6.07 Å². The number of halogens is 1. The van der Waals surface area contributed by atoms with E-state index in [4.69, 9.17) is 26.8 Å². The summed E-state index contributed by atoms with van der Waals surface area (Å²) in [6, 6.07) is 6.59. The maximum absolute atomic E-state index is 13.1. The molecule has 0 aromatic heterocycles. The zero-order chi connectivity index (χ0) is 19.1. The molecule has 132 valence electrons. The third-order valence-electron chi connectivity index (χ3n) is 4.23. The molecular formula is C18H14ClN3O4. The first-order valence-electron chi connectivity index (χ1n) is 7.57. The molecule has 1 aromatic rings. The van der Waals surface area contributed by atoms with Gasteiger partial charge in [0.25, 0.3) is 0 Å². The Balaban J connectivity index is 2.36. The Morgan fingerprint density at radius 1 is 1.58 bits per heavy atom. The van der Waals surface area contributed by atoms with Gasteiger partial charge in [-0.3, -0.25) is 4.79 Å². The molecule has 1 unspecified atom stereocenters. The van der Waals surface area contributed by atoms with Crippen LogP contribution in [0.3, 0.4) is 0 Å². The SMILES string of the molecule is C=CCOC(=O)C1=C(C)OC(N)=C(C#N)C12C(=O)Nc1ccc(Cl)cc12. The molecule has 3 N–H and O–H groups in total. The molecule has 1 atom stereocenters. The first kappa shape index (κ1) is 17.6. The zero-order valence-corrected chi connectivity index (χ0v) is 14.5. The lowest BCUT2D eigenvalue weighted by atomic mass is 9.68. The molecule has 2 aliphatic heterocycles. The molecule has 0 radical (unpaired) electrons. The molecule has 0 bridgehead atoms. The van der Waals surface area contributed by atoms with E-state index >= 15 is 0 Å². The van der Waals surface area contributed by atoms with Crippen LogP contribution >= 0.6 is 11.6 Å². The van der Waals surface area contributed by atoms with E-state index in [9.17, 15) is 14.9 Å². The molecule has 2 heterocycles. The van der Waals surface area contributed by atoms with Gasteiger partial charge in [0.15, 0.2) is 5.41 Å². The second-order valence-corrected chi connectivity index (χ2v) is 6.10. The fraction of sp³-hybridized carbons (Fsp3) is 0.167. The third-order valence-corrected chi connectivity index (χ3v) is 4.47. The Morgan fingerprint density at radius 3 is 2.96 bits per heavy atom. The number of carbonyl (C=O) groups is 2. The van der Waals surface area contributed by atoms with Crippen molar-refractivity contribution in [3.63, 3.8) is 0 Å². The number of hydrogen-bond donors (Lipinski definition) is 2. The predicted molar refractivity (Wildman–Crippen MR) is 93.5 cm³/mol. The van der Waals surface area contributed by atoms with Crippen LogP contribution in [0.25, 0.3) is 0 Å². The number of hydrogen-bond acceptors (Lipinski definition) is 6. The molecular weight excluding hydrogens is 358 g/mol. The van der Waals surface area contributed by atoms with Gasteiger partial charge in [-0.1, -0.05) is 24.3 Å². The van der Waals surface area contributed by atoms with Gasteiger partial charge in [0.2, 0.25) is 11.8 Å². The minimum Gasteiger partial charge on any atom is -0.458 e. The minimum atomic E-state index is -1.79. The molecule has 0 fully saturated rings. The lowest BCUT2D eigenvalue weighted by Crippen LogP contribution is -2.45. The second-order valence-electron chi connectivity index (χ2n) is 5.67. The highest BCUT2D eigenvalue weighted by atomic mass is 35.5. The first-order chi connectivity index (χ1) is 12.4. The van der Waals surface area contributed by atoms with E-state index in [1.54, 1.807) is 12.1 Å². The van der Waals surface area contributed by atoms with Gasteiger partial charge in [-0.2, -0.15) is 5.26 Å². The van der Waals surface area contributed by atoms with Gasteiger partial charge in [-0.05, 0) is 25.1 Å². The maximum Gasteiger partial charge on any atom is 0.339 e. The Bertz CT molecular complexity index is 958. The summed E-state index contributed by atoms with van der Waals surface area (Å²) in [6.45, 7) is 4.89. The standard InChI is InChI=1S/C18H14ClN3O4/c1-3-6-25-16(23)14-9(2)26-15(21)12(8-20)18(14)11-7-10(19)4-5-13(11)22-17(18)24/h3-5,7H,1,6,21H2,2H3,(H,22,24). The average Bonchev–Trinajstić information content (AvgIpc) is 2.86. The van der Waals surface area contributed by atoms with Gasteiger partial charge in [-0.25, -0.2) is 4.79 Å². The Labute approximate surface area is 154 Å². The highest BCUT2D eigenvalue weighted by molar-refractivity contribution is 6.31. The molecule has 1 spiro atoms. The Kier molecular flexibility index (Phi) is 4.22. The third kappa shape index (κ3) is 2.27. The number of rotatable bonds is 3. The Morgan fingerprint density at radius 2 is 2.31 bits per heavy atom. The summed E-state index contributed by atoms with van der Waals surface area (Å²) in [7, 11) is 0. The summed E-state index contributed by atoms with van der Waals surface area (Å²) < 4.78 is 10.5. The molecule has 26 heavy (non-hydrogen) atoms. The molecule has 3 rings (SSSR count). The molecule has 1 aromatic carbocycles. The molecule has 0 saturated carbocycles. The van der Waals surface area contributed by atoms with E-state index in [0.717, 1.165) is 0 Å². The summed E-state index contributed by atoms with van der Waals surface area (Å²) >= 11 is 6.10. The number of benzene rings is 1. The van der Waals surface area contributed by atoms with Crippen LogP contribution in [0, 0.1) is 11.3 Å². The number of anilines is 1. The van der Waals surface area contributed by atoms with Gasteiger partial charge in [-0.15, -0.1) is 0 Å². The Hall–Kier alpha value is -3.24. The monoisotopic (exact) mass is 371 g/mol. The fourth-order valence-electron chi connectivity index (χ4n) is 3.25. The van der Waals surface area contributed by atoms with Crippen molar-refractivity contribution in [3.8, 4) is 6.07 Å². The maximum atomic E-state index is 13.1. The van der Waals surface area contributed by atoms with Crippen molar-refractivity contribution < 1.29 is 19.1 Å². The molecule has 0 saturated heterocycles. The van der Waals surface area contributed by atoms with Gasteiger partial charge in [0.1, 0.15) is 29.6 Å². The predicted octanol–water partition coefficient (Wildman–Crippen LogP) is 2.26. The lowest BCUT2D eigenvalue weighted by molar-refractivity contribution is -0.140. The molecule has 2 aliphatic rings. The van der Waals surface area contributed by atoms with Crippen LogP contribution in [0.2, 0.25) is 5.02 Å². The van der Waals surface area contributed by atoms with Crippen molar-refractivity contribution in [2.75, 3.05) is 11.9 Å². The number of fused-ring (bicyclic) bond motifs is 2. The van der Waals surface area contributed by atoms with Crippen LogP contribution in [-0.4, -0.2) is 18.5 Å². The van der Waals surface area contributed by atoms with E-state index in [1.165, 1.54) is 19.1 Å². The van der Waals surface area contributed by atoms with Gasteiger partial charge >= 0.3 is 5.97 Å². The number of carbonyl (C=O) groups excluding carboxylic acids is 2. The van der Waals surface area contributed by atoms with E-state index in [0.29, 0.717) is 16.3 Å². The van der Waals surface area contributed by atoms with Crippen LogP contribution in [0.15, 0.2) is 53.6 Å². The minimum absolute atomic E-state index is 0.0681. The topological polar surface area (TPSA) is 114 Å². The highest BCUT2D eigenvalue weighted by Gasteiger charge is 2.59. The van der Waals surface area contributed by atoms with Gasteiger partial charge < -0.3 is 20.5 Å². The number of nitrogens with zero attached hydrogens (tertiary/aromatic N) is 1. The number of nitriles is 1. The van der Waals surface area contributed by atoms with Crippen molar-refractivity contribution in [1.29, 1.82) is 5.26 Å². The average molecular weight is 372 g/mol. The lowest BCUT2D eigenvalue weighted by Gasteiger charge is -2.33. The van der Waals surface area contributed by atoms with Crippen LogP contribution in [0.1, 0.15) is 12.5 Å². The van der Waals surface area contributed by atoms with E-state index in [2.05, 4.69) is 11.9 Å². The first-order valence-corrected chi connectivity index (χ1v) is 7.94. The fourth-order valence-corrected chi connectivity index (χ4v) is 3.43. The largest absolute Gasteiger partial charge is 0.458 e. The summed E-state index contributed by atoms with van der Waals surface area (Å²) in [5.41, 5.74) is 4.51.